The van der Waals surface area contributed by atoms with Gasteiger partial charge in [0.1, 0.15) is 17.1 Å². The standard InChI is InChI=1S/C24H28N4O5S.3H2/c1-5-32-12-11-18-9-10-19(23(29)28-34(30,31)21-8-6-7-20(25)27-21)24(26-18)33-22-16(3)13-15(2)14-17(22)4;;;/h6-10,13-14H,5,11-12H2,1-4H3,(H2,25,27)(H,28,29);3*1H. The fourth-order valence-electron chi connectivity index (χ4n) is 3.42. The molecule has 0 saturated carbocycles. The minimum absolute atomic E-state index is 0. The SMILES string of the molecule is CCOCCc1ccc(C(=O)NS(=O)(=O)c2cccc(N)n2)c(Oc2c(C)cc(C)cc2C)n1.[HH].[HH].[HH]. The number of rotatable bonds is 9. The molecular formula is C24H34N4O5S. The molecule has 0 spiro atoms. The van der Waals surface area contributed by atoms with E-state index in [-0.39, 0.29) is 26.6 Å². The van der Waals surface area contributed by atoms with E-state index >= 15 is 0 Å². The molecule has 3 aromatic rings. The minimum Gasteiger partial charge on any atom is -0.438 e. The molecule has 0 saturated heterocycles. The Labute approximate surface area is 203 Å². The van der Waals surface area contributed by atoms with Crippen LogP contribution in [0.1, 0.15) is 43.9 Å². The molecule has 0 atom stereocenters. The molecule has 1 aromatic carbocycles. The second-order valence-electron chi connectivity index (χ2n) is 7.77. The van der Waals surface area contributed by atoms with Crippen LogP contribution in [0.2, 0.25) is 0 Å². The topological polar surface area (TPSA) is 134 Å². The van der Waals surface area contributed by atoms with E-state index in [1.54, 1.807) is 6.07 Å². The monoisotopic (exact) mass is 490 g/mol. The third-order valence-electron chi connectivity index (χ3n) is 4.92. The Morgan fingerprint density at radius 2 is 1.79 bits per heavy atom. The molecule has 3 N–H and O–H groups in total. The van der Waals surface area contributed by atoms with Gasteiger partial charge in [0.25, 0.3) is 15.9 Å². The van der Waals surface area contributed by atoms with Gasteiger partial charge < -0.3 is 15.2 Å². The van der Waals surface area contributed by atoms with Gasteiger partial charge in [-0.1, -0.05) is 23.8 Å². The molecule has 2 heterocycles. The molecule has 0 unspecified atom stereocenters. The predicted molar refractivity (Wildman–Crippen MR) is 135 cm³/mol. The van der Waals surface area contributed by atoms with Crippen molar-refractivity contribution in [3.8, 4) is 11.6 Å². The van der Waals surface area contributed by atoms with Crippen LogP contribution in [0.5, 0.6) is 11.6 Å². The molecule has 0 aliphatic rings. The van der Waals surface area contributed by atoms with Crippen molar-refractivity contribution in [1.82, 2.24) is 14.7 Å². The average molecular weight is 491 g/mol. The quantitative estimate of drug-likeness (QED) is 0.426. The van der Waals surface area contributed by atoms with Crippen LogP contribution < -0.4 is 15.2 Å². The van der Waals surface area contributed by atoms with Crippen molar-refractivity contribution >= 4 is 21.7 Å². The molecule has 0 radical (unpaired) electrons. The second kappa shape index (κ2) is 10.6. The van der Waals surface area contributed by atoms with Crippen LogP contribution in [0.3, 0.4) is 0 Å². The van der Waals surface area contributed by atoms with Gasteiger partial charge in [0.05, 0.1) is 6.61 Å². The number of nitrogens with one attached hydrogen (secondary N) is 1. The van der Waals surface area contributed by atoms with Crippen molar-refractivity contribution in [2.45, 2.75) is 39.1 Å². The average Bonchev–Trinajstić information content (AvgIpc) is 2.76. The first kappa shape index (κ1) is 25.1. The number of aromatic nitrogens is 2. The van der Waals surface area contributed by atoms with E-state index in [9.17, 15) is 13.2 Å². The van der Waals surface area contributed by atoms with E-state index in [1.165, 1.54) is 24.3 Å². The lowest BCUT2D eigenvalue weighted by Crippen LogP contribution is -2.31. The number of carbonyl (C=O) groups excluding carboxylic acids is 1. The van der Waals surface area contributed by atoms with Gasteiger partial charge in [-0.05, 0) is 63.1 Å². The van der Waals surface area contributed by atoms with Crippen molar-refractivity contribution < 1.29 is 27.0 Å². The lowest BCUT2D eigenvalue weighted by atomic mass is 10.1. The van der Waals surface area contributed by atoms with Gasteiger partial charge in [-0.2, -0.15) is 8.42 Å². The lowest BCUT2D eigenvalue weighted by molar-refractivity contribution is 0.0978. The Kier molecular flexibility index (Phi) is 7.85. The smallest absolute Gasteiger partial charge is 0.281 e. The Balaban J connectivity index is 0.00000432. The van der Waals surface area contributed by atoms with Gasteiger partial charge in [-0.3, -0.25) is 4.79 Å². The van der Waals surface area contributed by atoms with E-state index in [1.807, 2.05) is 44.5 Å². The summed E-state index contributed by atoms with van der Waals surface area (Å²) in [6.45, 7) is 8.68. The Hall–Kier alpha value is -3.50. The number of nitrogens with zero attached hydrogens (tertiary/aromatic N) is 2. The summed E-state index contributed by atoms with van der Waals surface area (Å²) in [7, 11) is -4.26. The third kappa shape index (κ3) is 6.09. The van der Waals surface area contributed by atoms with E-state index in [0.717, 1.165) is 16.7 Å². The summed E-state index contributed by atoms with van der Waals surface area (Å²) in [5, 5.41) is -0.366. The molecule has 186 valence electrons. The predicted octanol–water partition coefficient (Wildman–Crippen LogP) is 4.21. The highest BCUT2D eigenvalue weighted by atomic mass is 32.2. The van der Waals surface area contributed by atoms with E-state index in [4.69, 9.17) is 15.2 Å². The van der Waals surface area contributed by atoms with Gasteiger partial charge in [-0.15, -0.1) is 0 Å². The van der Waals surface area contributed by atoms with Crippen LogP contribution in [0.4, 0.5) is 5.82 Å². The number of ether oxygens (including phenoxy) is 2. The van der Waals surface area contributed by atoms with Crippen LogP contribution >= 0.6 is 0 Å². The molecule has 1 amide bonds. The molecule has 10 heteroatoms. The fourth-order valence-corrected chi connectivity index (χ4v) is 4.37. The van der Waals surface area contributed by atoms with Crippen molar-refractivity contribution in [3.63, 3.8) is 0 Å². The number of hydrogen-bond acceptors (Lipinski definition) is 8. The molecule has 34 heavy (non-hydrogen) atoms. The Bertz CT molecular complexity index is 1300. The number of amides is 1. The number of aryl methyl sites for hydroxylation is 3. The van der Waals surface area contributed by atoms with Crippen LogP contribution in [0.25, 0.3) is 0 Å². The first-order valence-corrected chi connectivity index (χ1v) is 12.2. The van der Waals surface area contributed by atoms with Gasteiger partial charge in [0.2, 0.25) is 5.88 Å². The van der Waals surface area contributed by atoms with Crippen molar-refractivity contribution in [1.29, 1.82) is 0 Å². The van der Waals surface area contributed by atoms with Crippen molar-refractivity contribution in [2.24, 2.45) is 0 Å². The number of nitrogen functional groups attached to an aromatic ring is 1. The summed E-state index contributed by atoms with van der Waals surface area (Å²) in [4.78, 5) is 21.3. The highest BCUT2D eigenvalue weighted by molar-refractivity contribution is 7.90. The molecule has 2 aromatic heterocycles. The van der Waals surface area contributed by atoms with E-state index in [0.29, 0.717) is 31.1 Å². The summed E-state index contributed by atoms with van der Waals surface area (Å²) in [5.41, 5.74) is 8.99. The maximum Gasteiger partial charge on any atom is 0.281 e. The fraction of sp³-hybridized carbons (Fsp3) is 0.292. The normalized spacial score (nSPS) is 11.3. The molecule has 0 fully saturated rings. The zero-order valence-corrected chi connectivity index (χ0v) is 20.4. The number of carbonyl (C=O) groups is 1. The lowest BCUT2D eigenvalue weighted by Gasteiger charge is -2.16. The van der Waals surface area contributed by atoms with Gasteiger partial charge in [-0.25, -0.2) is 14.7 Å². The Morgan fingerprint density at radius 3 is 2.44 bits per heavy atom. The maximum absolute atomic E-state index is 13.0. The summed E-state index contributed by atoms with van der Waals surface area (Å²) >= 11 is 0. The van der Waals surface area contributed by atoms with Crippen LogP contribution in [-0.4, -0.2) is 37.5 Å². The first-order valence-electron chi connectivity index (χ1n) is 10.7. The summed E-state index contributed by atoms with van der Waals surface area (Å²) in [6.07, 6.45) is 0.503. The number of benzene rings is 1. The van der Waals surface area contributed by atoms with E-state index < -0.39 is 15.9 Å². The number of hydrogen-bond donors (Lipinski definition) is 2. The van der Waals surface area contributed by atoms with Crippen LogP contribution in [0.15, 0.2) is 47.5 Å². The largest absolute Gasteiger partial charge is 0.438 e. The molecule has 3 rings (SSSR count). The van der Waals surface area contributed by atoms with Gasteiger partial charge >= 0.3 is 0 Å². The highest BCUT2D eigenvalue weighted by Crippen LogP contribution is 2.31. The number of anilines is 1. The minimum atomic E-state index is -4.26. The zero-order chi connectivity index (χ0) is 24.9. The summed E-state index contributed by atoms with van der Waals surface area (Å²) < 4.78 is 38.9. The molecule has 0 aliphatic heterocycles. The second-order valence-corrected chi connectivity index (χ2v) is 9.40. The van der Waals surface area contributed by atoms with E-state index in [2.05, 4.69) is 9.97 Å². The third-order valence-corrected chi connectivity index (χ3v) is 6.15. The number of pyridine rings is 2. The van der Waals surface area contributed by atoms with Crippen molar-refractivity contribution in [3.05, 3.63) is 70.4 Å². The highest BCUT2D eigenvalue weighted by Gasteiger charge is 2.24. The number of nitrogens with two attached hydrogens (primary N) is 1. The molecule has 0 aliphatic carbocycles. The zero-order valence-electron chi connectivity index (χ0n) is 19.6. The van der Waals surface area contributed by atoms with Crippen molar-refractivity contribution in [2.75, 3.05) is 18.9 Å². The molecule has 0 bridgehead atoms. The van der Waals surface area contributed by atoms with Crippen LogP contribution in [0, 0.1) is 20.8 Å². The first-order chi connectivity index (χ1) is 16.1. The van der Waals surface area contributed by atoms with Crippen LogP contribution in [-0.2, 0) is 21.2 Å². The molecular weight excluding hydrogens is 456 g/mol. The number of sulfonamides is 1. The maximum atomic E-state index is 13.0. The summed E-state index contributed by atoms with van der Waals surface area (Å²) in [6, 6.07) is 11.2. The Morgan fingerprint density at radius 1 is 1.09 bits per heavy atom. The van der Waals surface area contributed by atoms with Gasteiger partial charge in [0, 0.05) is 23.0 Å². The molecule has 9 nitrogen and oxygen atoms in total. The van der Waals surface area contributed by atoms with Gasteiger partial charge in [0.15, 0.2) is 5.03 Å². The summed E-state index contributed by atoms with van der Waals surface area (Å²) in [5.74, 6) is -0.331.